The number of aliphatic hydroxyl groups is 1. The van der Waals surface area contributed by atoms with Crippen LogP contribution in [0.1, 0.15) is 34.7 Å². The first-order valence-electron chi connectivity index (χ1n) is 20.1. The highest BCUT2D eigenvalue weighted by atomic mass is 16.8. The molecule has 0 aromatic heterocycles. The van der Waals surface area contributed by atoms with Gasteiger partial charge in [0.15, 0.2) is 12.6 Å². The van der Waals surface area contributed by atoms with E-state index in [0.29, 0.717) is 26.4 Å². The van der Waals surface area contributed by atoms with Crippen LogP contribution in [0.2, 0.25) is 0 Å². The quantitative estimate of drug-likeness (QED) is 0.0763. The Morgan fingerprint density at radius 2 is 0.862 bits per heavy atom. The zero-order chi connectivity index (χ0) is 39.8. The minimum Gasteiger partial charge on any atom is -0.394 e. The fraction of sp³-hybridized carbons (Fsp3) is 0.375. The first kappa shape index (κ1) is 41.8. The monoisotopic (exact) mass is 790 g/mol. The van der Waals surface area contributed by atoms with E-state index in [2.05, 4.69) is 0 Å². The normalized spacial score (nSPS) is 24.9. The number of hydrogen-bond acceptors (Lipinski definition) is 10. The van der Waals surface area contributed by atoms with E-state index in [-0.39, 0.29) is 19.8 Å². The van der Waals surface area contributed by atoms with Crippen molar-refractivity contribution in [2.75, 3.05) is 19.8 Å². The molecule has 0 saturated carbocycles. The van der Waals surface area contributed by atoms with Crippen LogP contribution in [0.25, 0.3) is 0 Å². The van der Waals surface area contributed by atoms with Gasteiger partial charge in [-0.1, -0.05) is 152 Å². The van der Waals surface area contributed by atoms with Crippen LogP contribution >= 0.6 is 0 Å². The molecule has 7 rings (SSSR count). The van der Waals surface area contributed by atoms with Crippen LogP contribution < -0.4 is 0 Å². The van der Waals surface area contributed by atoms with Gasteiger partial charge in [-0.05, 0) is 34.7 Å². The van der Waals surface area contributed by atoms with Crippen LogP contribution in [0.5, 0.6) is 0 Å². The summed E-state index contributed by atoms with van der Waals surface area (Å²) in [4.78, 5) is 0. The van der Waals surface area contributed by atoms with E-state index in [1.165, 1.54) is 0 Å². The molecule has 58 heavy (non-hydrogen) atoms. The largest absolute Gasteiger partial charge is 0.394 e. The Balaban J connectivity index is 1.15. The maximum absolute atomic E-state index is 11.1. The van der Waals surface area contributed by atoms with Crippen molar-refractivity contribution < 1.29 is 47.7 Å². The molecular weight excluding hydrogens is 737 g/mol. The van der Waals surface area contributed by atoms with Crippen molar-refractivity contribution in [3.63, 3.8) is 0 Å². The zero-order valence-corrected chi connectivity index (χ0v) is 32.9. The topological polar surface area (TPSA) is 103 Å². The molecule has 10 heteroatoms. The highest BCUT2D eigenvalue weighted by Crippen LogP contribution is 2.36. The van der Waals surface area contributed by atoms with Crippen LogP contribution in [0.4, 0.5) is 0 Å². The average molecular weight is 791 g/mol. The SMILES string of the molecule is CCO[C@@H]1O[C@@H]([C@@H](CO)O[C@H]2O[C@H](COCc3ccccc3)[C@@H](OCc3ccccc3)[C@@H]2OCc2ccccc2)[C@H](OCc2ccccc2)[C@H]1OCc1ccccc1. The predicted octanol–water partition coefficient (Wildman–Crippen LogP) is 7.41. The number of aliphatic hydroxyl groups excluding tert-OH is 1. The molecule has 2 aliphatic heterocycles. The fourth-order valence-corrected chi connectivity index (χ4v) is 7.26. The summed E-state index contributed by atoms with van der Waals surface area (Å²) in [5.41, 5.74) is 5.01. The molecule has 2 aliphatic rings. The predicted molar refractivity (Wildman–Crippen MR) is 217 cm³/mol. The molecule has 2 fully saturated rings. The zero-order valence-electron chi connectivity index (χ0n) is 32.9. The van der Waals surface area contributed by atoms with Crippen molar-refractivity contribution in [1.29, 1.82) is 0 Å². The van der Waals surface area contributed by atoms with Gasteiger partial charge in [0.1, 0.15) is 42.7 Å². The summed E-state index contributed by atoms with van der Waals surface area (Å²) in [5, 5.41) is 11.1. The molecule has 2 heterocycles. The number of ether oxygens (including phenoxy) is 9. The van der Waals surface area contributed by atoms with Crippen LogP contribution in [0.3, 0.4) is 0 Å². The third kappa shape index (κ3) is 11.7. The summed E-state index contributed by atoms with van der Waals surface area (Å²) in [5.74, 6) is 0. The fourth-order valence-electron chi connectivity index (χ4n) is 7.26. The molecule has 0 amide bonds. The highest BCUT2D eigenvalue weighted by molar-refractivity contribution is 5.17. The first-order valence-corrected chi connectivity index (χ1v) is 20.1. The van der Waals surface area contributed by atoms with Crippen molar-refractivity contribution in [3.05, 3.63) is 179 Å². The van der Waals surface area contributed by atoms with Gasteiger partial charge in [0.25, 0.3) is 0 Å². The van der Waals surface area contributed by atoms with Crippen LogP contribution in [0.15, 0.2) is 152 Å². The van der Waals surface area contributed by atoms with Gasteiger partial charge in [-0.15, -0.1) is 0 Å². The van der Waals surface area contributed by atoms with E-state index in [4.69, 9.17) is 42.6 Å². The average Bonchev–Trinajstić information content (AvgIpc) is 3.79. The van der Waals surface area contributed by atoms with Gasteiger partial charge in [-0.25, -0.2) is 0 Å². The first-order chi connectivity index (χ1) is 28.7. The molecule has 0 unspecified atom stereocenters. The summed E-state index contributed by atoms with van der Waals surface area (Å²) < 4.78 is 59.0. The van der Waals surface area contributed by atoms with E-state index in [1.54, 1.807) is 0 Å². The van der Waals surface area contributed by atoms with E-state index < -0.39 is 61.9 Å². The molecule has 10 nitrogen and oxygen atoms in total. The van der Waals surface area contributed by atoms with Gasteiger partial charge in [0, 0.05) is 6.61 Å². The highest BCUT2D eigenvalue weighted by Gasteiger charge is 2.54. The maximum atomic E-state index is 11.1. The smallest absolute Gasteiger partial charge is 0.187 e. The number of rotatable bonds is 22. The molecule has 0 spiro atoms. The lowest BCUT2D eigenvalue weighted by Crippen LogP contribution is -2.48. The second-order valence-electron chi connectivity index (χ2n) is 14.4. The molecule has 1 N–H and O–H groups in total. The van der Waals surface area contributed by atoms with E-state index in [0.717, 1.165) is 27.8 Å². The number of hydrogen-bond donors (Lipinski definition) is 1. The summed E-state index contributed by atoms with van der Waals surface area (Å²) >= 11 is 0. The molecule has 5 aromatic rings. The van der Waals surface area contributed by atoms with Crippen molar-refractivity contribution >= 4 is 0 Å². The maximum Gasteiger partial charge on any atom is 0.187 e. The molecule has 0 aliphatic carbocycles. The molecular formula is C48H54O10. The third-order valence-electron chi connectivity index (χ3n) is 10.2. The van der Waals surface area contributed by atoms with E-state index >= 15 is 0 Å². The van der Waals surface area contributed by atoms with Crippen molar-refractivity contribution in [2.45, 2.75) is 95.3 Å². The lowest BCUT2D eigenvalue weighted by Gasteiger charge is -2.31. The standard InChI is InChI=1S/C48H54O10/c1-2-51-47-46(55-33-39-26-16-7-17-27-39)44(53-31-37-22-12-5-13-23-37)43(58-47)40(28-49)56-48-45(54-32-38-24-14-6-15-25-38)42(52-30-36-20-10-4-11-21-36)41(57-48)34-50-29-35-18-8-3-9-19-35/h3-27,40-49H,2,28-34H2,1H3/t40-,41-,42-,43+,44+,45+,46-,47-,48+/m1/s1. The lowest BCUT2D eigenvalue weighted by atomic mass is 10.0. The third-order valence-corrected chi connectivity index (χ3v) is 10.2. The lowest BCUT2D eigenvalue weighted by molar-refractivity contribution is -0.248. The minimum atomic E-state index is -0.972. The Bertz CT molecular complexity index is 1850. The van der Waals surface area contributed by atoms with Gasteiger partial charge in [-0.3, -0.25) is 0 Å². The Kier molecular flexibility index (Phi) is 16.0. The van der Waals surface area contributed by atoms with Crippen LogP contribution in [-0.4, -0.2) is 80.2 Å². The molecule has 0 bridgehead atoms. The Morgan fingerprint density at radius 1 is 0.466 bits per heavy atom. The molecule has 306 valence electrons. The Morgan fingerprint density at radius 3 is 1.29 bits per heavy atom. The van der Waals surface area contributed by atoms with Crippen molar-refractivity contribution in [3.8, 4) is 0 Å². The van der Waals surface area contributed by atoms with Gasteiger partial charge >= 0.3 is 0 Å². The van der Waals surface area contributed by atoms with Gasteiger partial charge < -0.3 is 47.7 Å². The van der Waals surface area contributed by atoms with Crippen molar-refractivity contribution in [2.24, 2.45) is 0 Å². The van der Waals surface area contributed by atoms with Gasteiger partial charge in [0.05, 0.1) is 46.2 Å². The molecule has 9 atom stereocenters. The molecule has 0 radical (unpaired) electrons. The summed E-state index contributed by atoms with van der Waals surface area (Å²) in [6, 6.07) is 49.7. The number of benzene rings is 5. The van der Waals surface area contributed by atoms with Gasteiger partial charge in [-0.2, -0.15) is 0 Å². The second kappa shape index (κ2) is 22.2. The van der Waals surface area contributed by atoms with Crippen LogP contribution in [0, 0.1) is 0 Å². The molecule has 2 saturated heterocycles. The van der Waals surface area contributed by atoms with E-state index in [1.807, 2.05) is 159 Å². The summed E-state index contributed by atoms with van der Waals surface area (Å²) in [7, 11) is 0. The van der Waals surface area contributed by atoms with Gasteiger partial charge in [0.2, 0.25) is 0 Å². The second-order valence-corrected chi connectivity index (χ2v) is 14.4. The van der Waals surface area contributed by atoms with Crippen LogP contribution in [-0.2, 0) is 75.7 Å². The van der Waals surface area contributed by atoms with E-state index in [9.17, 15) is 5.11 Å². The Labute approximate surface area is 341 Å². The van der Waals surface area contributed by atoms with Crippen molar-refractivity contribution in [1.82, 2.24) is 0 Å². The minimum absolute atomic E-state index is 0.216. The Hall–Kier alpha value is -4.30. The summed E-state index contributed by atoms with van der Waals surface area (Å²) in [6.45, 7) is 3.69. The molecule has 5 aromatic carbocycles. The summed E-state index contributed by atoms with van der Waals surface area (Å²) in [6.07, 6.45) is -6.67.